The van der Waals surface area contributed by atoms with E-state index in [0.717, 1.165) is 16.9 Å². The number of nitrogens with one attached hydrogen (secondary N) is 1. The molecule has 0 bridgehead atoms. The van der Waals surface area contributed by atoms with E-state index in [4.69, 9.17) is 9.47 Å². The largest absolute Gasteiger partial charge is 0.496 e. The predicted octanol–water partition coefficient (Wildman–Crippen LogP) is 3.12. The van der Waals surface area contributed by atoms with Gasteiger partial charge in [0.25, 0.3) is 5.91 Å². The summed E-state index contributed by atoms with van der Waals surface area (Å²) in [5.41, 5.74) is 2.68. The maximum atomic E-state index is 12.2. The fourth-order valence-electron chi connectivity index (χ4n) is 2.25. The van der Waals surface area contributed by atoms with E-state index in [1.165, 1.54) is 0 Å². The Labute approximate surface area is 131 Å². The first-order chi connectivity index (χ1) is 10.7. The van der Waals surface area contributed by atoms with E-state index in [0.29, 0.717) is 12.1 Å². The van der Waals surface area contributed by atoms with Crippen LogP contribution in [0.3, 0.4) is 0 Å². The zero-order chi connectivity index (χ0) is 15.9. The summed E-state index contributed by atoms with van der Waals surface area (Å²) in [5.74, 6) is 0.635. The second-order valence-corrected chi connectivity index (χ2v) is 5.04. The van der Waals surface area contributed by atoms with Crippen molar-refractivity contribution in [3.05, 3.63) is 65.2 Å². The monoisotopic (exact) mass is 299 g/mol. The molecule has 2 aromatic carbocycles. The summed E-state index contributed by atoms with van der Waals surface area (Å²) in [6.45, 7) is 2.37. The lowest BCUT2D eigenvalue weighted by Gasteiger charge is -2.19. The fraction of sp³-hybridized carbons (Fsp3) is 0.278. The van der Waals surface area contributed by atoms with E-state index in [1.807, 2.05) is 55.5 Å². The van der Waals surface area contributed by atoms with Gasteiger partial charge in [-0.25, -0.2) is 0 Å². The second-order valence-electron chi connectivity index (χ2n) is 5.04. The van der Waals surface area contributed by atoms with Crippen molar-refractivity contribution >= 4 is 5.91 Å². The molecule has 2 rings (SSSR count). The van der Waals surface area contributed by atoms with Crippen LogP contribution in [-0.2, 0) is 4.74 Å². The summed E-state index contributed by atoms with van der Waals surface area (Å²) in [6, 6.07) is 15.1. The Morgan fingerprint density at radius 2 is 1.77 bits per heavy atom. The average Bonchev–Trinajstić information content (AvgIpc) is 2.56. The van der Waals surface area contributed by atoms with Crippen molar-refractivity contribution in [1.82, 2.24) is 5.32 Å². The van der Waals surface area contributed by atoms with Gasteiger partial charge in [-0.2, -0.15) is 0 Å². The number of hydrogen-bond acceptors (Lipinski definition) is 3. The van der Waals surface area contributed by atoms with Gasteiger partial charge in [0.05, 0.1) is 7.11 Å². The number of amides is 1. The Hall–Kier alpha value is -2.33. The Morgan fingerprint density at radius 1 is 1.09 bits per heavy atom. The Balaban J connectivity index is 2.04. The highest BCUT2D eigenvalue weighted by atomic mass is 16.5. The van der Waals surface area contributed by atoms with Gasteiger partial charge >= 0.3 is 0 Å². The Kier molecular flexibility index (Phi) is 5.55. The molecule has 4 heteroatoms. The van der Waals surface area contributed by atoms with E-state index in [2.05, 4.69) is 5.32 Å². The van der Waals surface area contributed by atoms with Crippen molar-refractivity contribution in [2.75, 3.05) is 20.8 Å². The van der Waals surface area contributed by atoms with Crippen molar-refractivity contribution in [2.45, 2.75) is 13.0 Å². The third-order valence-electron chi connectivity index (χ3n) is 3.53. The van der Waals surface area contributed by atoms with Crippen LogP contribution in [0.5, 0.6) is 5.75 Å². The molecule has 22 heavy (non-hydrogen) atoms. The smallest absolute Gasteiger partial charge is 0.251 e. The van der Waals surface area contributed by atoms with Gasteiger partial charge in [0.2, 0.25) is 0 Å². The van der Waals surface area contributed by atoms with Crippen LogP contribution < -0.4 is 10.1 Å². The minimum atomic E-state index is -0.259. The van der Waals surface area contributed by atoms with Gasteiger partial charge in [0.15, 0.2) is 0 Å². The number of aryl methyl sites for hydroxylation is 1. The lowest BCUT2D eigenvalue weighted by Crippen LogP contribution is -2.29. The van der Waals surface area contributed by atoms with Gasteiger partial charge in [-0.1, -0.05) is 35.9 Å². The molecule has 116 valence electrons. The molecule has 0 aliphatic rings. The van der Waals surface area contributed by atoms with Gasteiger partial charge in [-0.15, -0.1) is 0 Å². The third-order valence-corrected chi connectivity index (χ3v) is 3.53. The molecule has 0 fully saturated rings. The zero-order valence-corrected chi connectivity index (χ0v) is 13.1. The van der Waals surface area contributed by atoms with Gasteiger partial charge < -0.3 is 14.8 Å². The van der Waals surface area contributed by atoms with Crippen molar-refractivity contribution < 1.29 is 14.3 Å². The van der Waals surface area contributed by atoms with Crippen LogP contribution in [0.25, 0.3) is 0 Å². The van der Waals surface area contributed by atoms with Crippen LogP contribution in [0, 0.1) is 6.92 Å². The van der Waals surface area contributed by atoms with Crippen LogP contribution in [0.2, 0.25) is 0 Å². The first-order valence-electron chi connectivity index (χ1n) is 7.16. The van der Waals surface area contributed by atoms with Gasteiger partial charge in [0.1, 0.15) is 11.9 Å². The summed E-state index contributed by atoms with van der Waals surface area (Å²) in [4.78, 5) is 12.2. The highest BCUT2D eigenvalue weighted by molar-refractivity contribution is 5.94. The van der Waals surface area contributed by atoms with Crippen LogP contribution in [0.4, 0.5) is 0 Å². The molecule has 0 spiro atoms. The number of para-hydroxylation sites is 1. The number of rotatable bonds is 6. The molecule has 1 atom stereocenters. The molecule has 0 radical (unpaired) electrons. The number of carbonyl (C=O) groups excluding carboxylic acids is 1. The zero-order valence-electron chi connectivity index (χ0n) is 13.1. The predicted molar refractivity (Wildman–Crippen MR) is 86.3 cm³/mol. The molecule has 4 nitrogen and oxygen atoms in total. The van der Waals surface area contributed by atoms with Crippen molar-refractivity contribution in [3.8, 4) is 5.75 Å². The van der Waals surface area contributed by atoms with Crippen LogP contribution >= 0.6 is 0 Å². The summed E-state index contributed by atoms with van der Waals surface area (Å²) < 4.78 is 10.8. The molecule has 1 amide bonds. The standard InChI is InChI=1S/C18H21NO3/c1-13-8-10-14(11-9-13)18(20)19-12-17(22-3)15-6-4-5-7-16(15)21-2/h4-11,17H,12H2,1-3H3,(H,19,20). The molecular weight excluding hydrogens is 278 g/mol. The summed E-state index contributed by atoms with van der Waals surface area (Å²) >= 11 is 0. The average molecular weight is 299 g/mol. The summed E-state index contributed by atoms with van der Waals surface area (Å²) in [5, 5.41) is 2.90. The highest BCUT2D eigenvalue weighted by Gasteiger charge is 2.16. The molecule has 0 aliphatic heterocycles. The lowest BCUT2D eigenvalue weighted by molar-refractivity contribution is 0.0819. The molecule has 2 aromatic rings. The van der Waals surface area contributed by atoms with Crippen LogP contribution in [0.15, 0.2) is 48.5 Å². The summed E-state index contributed by atoms with van der Waals surface area (Å²) in [7, 11) is 3.24. The number of hydrogen-bond donors (Lipinski definition) is 1. The van der Waals surface area contributed by atoms with Crippen molar-refractivity contribution in [3.63, 3.8) is 0 Å². The van der Waals surface area contributed by atoms with Crippen molar-refractivity contribution in [2.24, 2.45) is 0 Å². The SMILES string of the molecule is COc1ccccc1C(CNC(=O)c1ccc(C)cc1)OC. The molecule has 0 saturated heterocycles. The van der Waals surface area contributed by atoms with Gasteiger partial charge in [-0.05, 0) is 25.1 Å². The topological polar surface area (TPSA) is 47.6 Å². The highest BCUT2D eigenvalue weighted by Crippen LogP contribution is 2.26. The number of benzene rings is 2. The minimum absolute atomic E-state index is 0.114. The molecular formula is C18H21NO3. The van der Waals surface area contributed by atoms with E-state index >= 15 is 0 Å². The van der Waals surface area contributed by atoms with Gasteiger partial charge in [-0.3, -0.25) is 4.79 Å². The molecule has 1 unspecified atom stereocenters. The molecule has 0 heterocycles. The second kappa shape index (κ2) is 7.61. The number of carbonyl (C=O) groups is 1. The van der Waals surface area contributed by atoms with E-state index in [9.17, 15) is 4.79 Å². The number of methoxy groups -OCH3 is 2. The van der Waals surface area contributed by atoms with Crippen molar-refractivity contribution in [1.29, 1.82) is 0 Å². The first kappa shape index (κ1) is 16.0. The summed E-state index contributed by atoms with van der Waals surface area (Å²) in [6.07, 6.45) is -0.259. The lowest BCUT2D eigenvalue weighted by atomic mass is 10.1. The van der Waals surface area contributed by atoms with E-state index < -0.39 is 0 Å². The number of ether oxygens (including phenoxy) is 2. The fourth-order valence-corrected chi connectivity index (χ4v) is 2.25. The quantitative estimate of drug-likeness (QED) is 0.891. The molecule has 1 N–H and O–H groups in total. The van der Waals surface area contributed by atoms with E-state index in [-0.39, 0.29) is 12.0 Å². The molecule has 0 aliphatic carbocycles. The Bertz CT molecular complexity index is 622. The Morgan fingerprint density at radius 3 is 2.41 bits per heavy atom. The van der Waals surface area contributed by atoms with Gasteiger partial charge in [0, 0.05) is 24.8 Å². The van der Waals surface area contributed by atoms with E-state index in [1.54, 1.807) is 14.2 Å². The normalized spacial score (nSPS) is 11.8. The van der Waals surface area contributed by atoms with Crippen LogP contribution in [-0.4, -0.2) is 26.7 Å². The van der Waals surface area contributed by atoms with Crippen LogP contribution in [0.1, 0.15) is 27.6 Å². The molecule has 0 aromatic heterocycles. The minimum Gasteiger partial charge on any atom is -0.496 e. The maximum Gasteiger partial charge on any atom is 0.251 e. The molecule has 0 saturated carbocycles. The first-order valence-corrected chi connectivity index (χ1v) is 7.16. The third kappa shape index (κ3) is 3.86. The maximum absolute atomic E-state index is 12.2.